The van der Waals surface area contributed by atoms with Gasteiger partial charge in [0, 0.05) is 9.26 Å². The molecule has 0 aliphatic heterocycles. The predicted molar refractivity (Wildman–Crippen MR) is 52.0 cm³/mol. The molecule has 1 aromatic carbocycles. The van der Waals surface area contributed by atoms with Gasteiger partial charge in [0.25, 0.3) is 0 Å². The van der Waals surface area contributed by atoms with Gasteiger partial charge in [-0.1, -0.05) is 11.6 Å². The number of nitrogens with two attached hydrogens (primary N) is 1. The molecule has 0 saturated heterocycles. The number of rotatable bonds is 1. The van der Waals surface area contributed by atoms with E-state index in [0.717, 1.165) is 14.3 Å². The Morgan fingerprint density at radius 2 is 2.20 bits per heavy atom. The van der Waals surface area contributed by atoms with E-state index in [-0.39, 0.29) is 0 Å². The summed E-state index contributed by atoms with van der Waals surface area (Å²) in [6.07, 6.45) is 0. The fraction of sp³-hybridized carbons (Fsp3) is 0. The van der Waals surface area contributed by atoms with Crippen LogP contribution in [0, 0.1) is 3.57 Å². The Balaban J connectivity index is 3.04. The van der Waals surface area contributed by atoms with Gasteiger partial charge in [-0.15, -0.1) is 0 Å². The van der Waals surface area contributed by atoms with Gasteiger partial charge in [0.05, 0.1) is 5.02 Å². The van der Waals surface area contributed by atoms with Crippen LogP contribution in [0.2, 0.25) is 5.02 Å². The van der Waals surface area contributed by atoms with Gasteiger partial charge < -0.3 is 5.43 Å². The number of hydrogen-bond donors (Lipinski definition) is 2. The van der Waals surface area contributed by atoms with Crippen LogP contribution in [0.15, 0.2) is 18.2 Å². The van der Waals surface area contributed by atoms with Gasteiger partial charge in [-0.05, 0) is 40.8 Å². The summed E-state index contributed by atoms with van der Waals surface area (Å²) in [5, 5.41) is 0.750. The molecule has 54 valence electrons. The first-order valence-corrected chi connectivity index (χ1v) is 4.11. The van der Waals surface area contributed by atoms with Gasteiger partial charge in [-0.2, -0.15) is 0 Å². The highest BCUT2D eigenvalue weighted by atomic mass is 127. The molecule has 10 heavy (non-hydrogen) atoms. The van der Waals surface area contributed by atoms with Crippen molar-refractivity contribution in [3.05, 3.63) is 26.8 Å². The van der Waals surface area contributed by atoms with E-state index < -0.39 is 0 Å². The third-order valence-corrected chi connectivity index (χ3v) is 2.63. The molecule has 0 heterocycles. The monoisotopic (exact) mass is 268 g/mol. The molecule has 0 bridgehead atoms. The minimum absolute atomic E-state index is 0.750. The standard InChI is InChI=1S/C6H6ClIN2/c7-5-2-1-4(10-9)3-6(5)8/h1-3,10H,9H2. The van der Waals surface area contributed by atoms with Crippen LogP contribution >= 0.6 is 34.2 Å². The first-order valence-electron chi connectivity index (χ1n) is 2.65. The SMILES string of the molecule is NNc1ccc(Cl)c(I)c1. The lowest BCUT2D eigenvalue weighted by molar-refractivity contribution is 1.35. The summed E-state index contributed by atoms with van der Waals surface area (Å²) in [6.45, 7) is 0. The Hall–Kier alpha value is -0.000000000000000111. The van der Waals surface area contributed by atoms with E-state index in [2.05, 4.69) is 28.0 Å². The summed E-state index contributed by atoms with van der Waals surface area (Å²) in [7, 11) is 0. The zero-order valence-corrected chi connectivity index (χ0v) is 7.98. The zero-order chi connectivity index (χ0) is 7.56. The van der Waals surface area contributed by atoms with Gasteiger partial charge in [-0.25, -0.2) is 0 Å². The molecule has 0 radical (unpaired) electrons. The normalized spacial score (nSPS) is 9.50. The smallest absolute Gasteiger partial charge is 0.0541 e. The van der Waals surface area contributed by atoms with E-state index in [4.69, 9.17) is 17.4 Å². The van der Waals surface area contributed by atoms with Crippen molar-refractivity contribution in [1.29, 1.82) is 0 Å². The number of nitrogen functional groups attached to an aromatic ring is 1. The van der Waals surface area contributed by atoms with Crippen molar-refractivity contribution in [2.24, 2.45) is 5.84 Å². The van der Waals surface area contributed by atoms with E-state index >= 15 is 0 Å². The lowest BCUT2D eigenvalue weighted by atomic mass is 10.3. The largest absolute Gasteiger partial charge is 0.324 e. The molecular formula is C6H6ClIN2. The van der Waals surface area contributed by atoms with Crippen LogP contribution in [0.5, 0.6) is 0 Å². The first kappa shape index (κ1) is 8.10. The molecule has 0 unspecified atom stereocenters. The second kappa shape index (κ2) is 3.41. The molecule has 0 aliphatic carbocycles. The zero-order valence-electron chi connectivity index (χ0n) is 5.07. The van der Waals surface area contributed by atoms with Crippen molar-refractivity contribution in [2.45, 2.75) is 0 Å². The van der Waals surface area contributed by atoms with Crippen LogP contribution in [0.1, 0.15) is 0 Å². The fourth-order valence-corrected chi connectivity index (χ4v) is 1.22. The van der Waals surface area contributed by atoms with E-state index in [9.17, 15) is 0 Å². The average Bonchev–Trinajstić information content (AvgIpc) is 1.95. The molecule has 0 spiro atoms. The Morgan fingerprint density at radius 3 is 2.70 bits per heavy atom. The van der Waals surface area contributed by atoms with Crippen LogP contribution in [0.3, 0.4) is 0 Å². The molecule has 1 aromatic rings. The second-order valence-electron chi connectivity index (χ2n) is 1.77. The van der Waals surface area contributed by atoms with Crippen LogP contribution in [0.25, 0.3) is 0 Å². The summed E-state index contributed by atoms with van der Waals surface area (Å²) in [5.74, 6) is 5.17. The minimum atomic E-state index is 0.750. The summed E-state index contributed by atoms with van der Waals surface area (Å²) < 4.78 is 0.995. The lowest BCUT2D eigenvalue weighted by Gasteiger charge is -2.00. The van der Waals surface area contributed by atoms with Crippen molar-refractivity contribution < 1.29 is 0 Å². The Bertz CT molecular complexity index is 239. The maximum Gasteiger partial charge on any atom is 0.0541 e. The highest BCUT2D eigenvalue weighted by Gasteiger charge is 1.95. The fourth-order valence-electron chi connectivity index (χ4n) is 0.586. The minimum Gasteiger partial charge on any atom is -0.324 e. The summed E-state index contributed by atoms with van der Waals surface area (Å²) in [5.41, 5.74) is 3.40. The predicted octanol–water partition coefficient (Wildman–Crippen LogP) is 2.23. The third-order valence-electron chi connectivity index (χ3n) is 1.09. The Labute approximate surface area is 77.9 Å². The summed E-state index contributed by atoms with van der Waals surface area (Å²) >= 11 is 7.91. The maximum absolute atomic E-state index is 5.76. The van der Waals surface area contributed by atoms with E-state index in [1.165, 1.54) is 0 Å². The lowest BCUT2D eigenvalue weighted by Crippen LogP contribution is -2.06. The molecule has 0 aromatic heterocycles. The van der Waals surface area contributed by atoms with Crippen molar-refractivity contribution in [1.82, 2.24) is 0 Å². The van der Waals surface area contributed by atoms with Crippen LogP contribution in [-0.4, -0.2) is 0 Å². The van der Waals surface area contributed by atoms with Gasteiger partial charge in [0.15, 0.2) is 0 Å². The quantitative estimate of drug-likeness (QED) is 0.466. The molecule has 0 amide bonds. The molecule has 0 atom stereocenters. The van der Waals surface area contributed by atoms with Gasteiger partial charge >= 0.3 is 0 Å². The van der Waals surface area contributed by atoms with Crippen LogP contribution in [-0.2, 0) is 0 Å². The number of hydrazine groups is 1. The van der Waals surface area contributed by atoms with E-state index in [0.29, 0.717) is 0 Å². The maximum atomic E-state index is 5.76. The summed E-state index contributed by atoms with van der Waals surface area (Å²) in [4.78, 5) is 0. The molecule has 2 nitrogen and oxygen atoms in total. The molecular weight excluding hydrogens is 262 g/mol. The van der Waals surface area contributed by atoms with Crippen molar-refractivity contribution in [3.63, 3.8) is 0 Å². The molecule has 0 fully saturated rings. The molecule has 0 aliphatic rings. The highest BCUT2D eigenvalue weighted by molar-refractivity contribution is 14.1. The average molecular weight is 268 g/mol. The molecule has 0 saturated carbocycles. The van der Waals surface area contributed by atoms with Crippen molar-refractivity contribution in [2.75, 3.05) is 5.43 Å². The van der Waals surface area contributed by atoms with Gasteiger partial charge in [0.2, 0.25) is 0 Å². The number of hydrogen-bond acceptors (Lipinski definition) is 2. The highest BCUT2D eigenvalue weighted by Crippen LogP contribution is 2.21. The molecule has 4 heteroatoms. The van der Waals surface area contributed by atoms with Crippen molar-refractivity contribution in [3.8, 4) is 0 Å². The van der Waals surface area contributed by atoms with Crippen molar-refractivity contribution >= 4 is 39.9 Å². The van der Waals surface area contributed by atoms with E-state index in [1.54, 1.807) is 6.07 Å². The summed E-state index contributed by atoms with van der Waals surface area (Å²) in [6, 6.07) is 5.51. The van der Waals surface area contributed by atoms with Gasteiger partial charge in [-0.3, -0.25) is 5.84 Å². The Kier molecular flexibility index (Phi) is 2.76. The molecule has 3 N–H and O–H groups in total. The topological polar surface area (TPSA) is 38.0 Å². The number of nitrogens with one attached hydrogen (secondary N) is 1. The third kappa shape index (κ3) is 1.74. The Morgan fingerprint density at radius 1 is 1.50 bits per heavy atom. The van der Waals surface area contributed by atoms with Crippen LogP contribution < -0.4 is 11.3 Å². The first-order chi connectivity index (χ1) is 4.74. The van der Waals surface area contributed by atoms with E-state index in [1.807, 2.05) is 12.1 Å². The number of benzene rings is 1. The van der Waals surface area contributed by atoms with Gasteiger partial charge in [0.1, 0.15) is 0 Å². The number of anilines is 1. The number of halogens is 2. The molecule has 1 rings (SSSR count). The second-order valence-corrected chi connectivity index (χ2v) is 3.34. The van der Waals surface area contributed by atoms with Crippen LogP contribution in [0.4, 0.5) is 5.69 Å².